The number of hydrogen-bond acceptors (Lipinski definition) is 1. The van der Waals surface area contributed by atoms with Gasteiger partial charge in [0.25, 0.3) is 0 Å². The first-order valence-corrected chi connectivity index (χ1v) is 8.32. The molecule has 7 heteroatoms. The molecule has 0 unspecified atom stereocenters. The Balaban J connectivity index is 0.000000444. The Labute approximate surface area is 149 Å². The summed E-state index contributed by atoms with van der Waals surface area (Å²) in [6, 6.07) is 12.4. The predicted molar refractivity (Wildman–Crippen MR) is 93.3 cm³/mol. The second-order valence-electron chi connectivity index (χ2n) is 3.50. The molecule has 0 aliphatic rings. The molecule has 0 aliphatic carbocycles. The molecule has 0 aromatic heterocycles. The van der Waals surface area contributed by atoms with Gasteiger partial charge in [-0.2, -0.15) is 0 Å². The fourth-order valence-electron chi connectivity index (χ4n) is 1.40. The van der Waals surface area contributed by atoms with Crippen LogP contribution < -0.4 is 0 Å². The van der Waals surface area contributed by atoms with Crippen molar-refractivity contribution in [1.29, 1.82) is 0 Å². The lowest BCUT2D eigenvalue weighted by Crippen LogP contribution is -1.84. The molecule has 20 heavy (non-hydrogen) atoms. The topological polar surface area (TPSA) is 57.5 Å². The van der Waals surface area contributed by atoms with E-state index in [4.69, 9.17) is 15.0 Å². The first kappa shape index (κ1) is 17.7. The van der Waals surface area contributed by atoms with E-state index in [9.17, 15) is 0 Å². The molecule has 2 aromatic carbocycles. The molecule has 0 amide bonds. The van der Waals surface area contributed by atoms with Gasteiger partial charge in [-0.15, -0.1) is 0 Å². The number of carboxylic acid groups (broad SMARTS) is 2. The molecule has 2 rings (SSSR count). The summed E-state index contributed by atoms with van der Waals surface area (Å²) in [5.74, 6) is 0. The van der Waals surface area contributed by atoms with Gasteiger partial charge in [0, 0.05) is 17.9 Å². The van der Waals surface area contributed by atoms with Crippen molar-refractivity contribution in [2.75, 3.05) is 0 Å². The highest BCUT2D eigenvalue weighted by atomic mass is 79.9. The van der Waals surface area contributed by atoms with Crippen LogP contribution in [0.1, 0.15) is 0 Å². The zero-order valence-corrected chi connectivity index (χ0v) is 16.1. The minimum absolute atomic E-state index is 1.01. The summed E-state index contributed by atoms with van der Waals surface area (Å²) in [6.07, 6.45) is -1.83. The second-order valence-corrected chi connectivity index (χ2v) is 6.73. The monoisotopic (exact) mass is 528 g/mol. The Bertz CT molecular complexity index is 611. The molecule has 0 bridgehead atoms. The maximum absolute atomic E-state index is 8.56. The molecule has 0 heterocycles. The third-order valence-corrected chi connectivity index (χ3v) is 6.85. The molecule has 0 saturated heterocycles. The maximum Gasteiger partial charge on any atom is 0.503 e. The summed E-state index contributed by atoms with van der Waals surface area (Å²) in [5.41, 5.74) is 2.34. The van der Waals surface area contributed by atoms with E-state index in [2.05, 4.69) is 81.9 Å². The van der Waals surface area contributed by atoms with Gasteiger partial charge in [-0.3, -0.25) is 0 Å². The molecule has 0 saturated carbocycles. The van der Waals surface area contributed by atoms with E-state index in [1.165, 1.54) is 5.56 Å². The van der Waals surface area contributed by atoms with Crippen LogP contribution >= 0.6 is 63.7 Å². The van der Waals surface area contributed by atoms with Crippen molar-refractivity contribution in [3.05, 3.63) is 54.3 Å². The summed E-state index contributed by atoms with van der Waals surface area (Å²) in [6.45, 7) is 0. The van der Waals surface area contributed by atoms with E-state index in [1.54, 1.807) is 0 Å². The number of halogens is 4. The predicted octanol–water partition coefficient (Wildman–Crippen LogP) is 6.63. The Morgan fingerprint density at radius 3 is 1.85 bits per heavy atom. The van der Waals surface area contributed by atoms with Gasteiger partial charge in [-0.05, 0) is 80.9 Å². The van der Waals surface area contributed by atoms with Crippen molar-refractivity contribution >= 4 is 69.9 Å². The van der Waals surface area contributed by atoms with Crippen molar-refractivity contribution in [2.24, 2.45) is 0 Å². The van der Waals surface area contributed by atoms with Gasteiger partial charge >= 0.3 is 6.16 Å². The van der Waals surface area contributed by atoms with E-state index in [0.717, 1.165) is 23.5 Å². The summed E-state index contributed by atoms with van der Waals surface area (Å²) < 4.78 is 4.11. The lowest BCUT2D eigenvalue weighted by atomic mass is 10.1. The summed E-state index contributed by atoms with van der Waals surface area (Å²) >= 11 is 14.2. The minimum atomic E-state index is -1.83. The quantitative estimate of drug-likeness (QED) is 0.321. The molecule has 0 fully saturated rings. The first-order chi connectivity index (χ1) is 9.34. The van der Waals surface area contributed by atoms with E-state index in [1.807, 2.05) is 18.2 Å². The van der Waals surface area contributed by atoms with Crippen molar-refractivity contribution in [3.63, 3.8) is 0 Å². The fraction of sp³-hybridized carbons (Fsp3) is 0. The van der Waals surface area contributed by atoms with Gasteiger partial charge in [0.05, 0.1) is 0 Å². The average Bonchev–Trinajstić information content (AvgIpc) is 2.41. The van der Waals surface area contributed by atoms with Crippen LogP contribution in [0.25, 0.3) is 11.1 Å². The van der Waals surface area contributed by atoms with E-state index in [-0.39, 0.29) is 0 Å². The zero-order valence-electron chi connectivity index (χ0n) is 9.78. The lowest BCUT2D eigenvalue weighted by molar-refractivity contribution is 0.137. The van der Waals surface area contributed by atoms with Crippen molar-refractivity contribution < 1.29 is 15.0 Å². The molecular formula is C13H8Br4O3. The molecule has 0 radical (unpaired) electrons. The molecule has 3 nitrogen and oxygen atoms in total. The first-order valence-electron chi connectivity index (χ1n) is 5.15. The molecule has 106 valence electrons. The lowest BCUT2D eigenvalue weighted by Gasteiger charge is -2.10. The third-order valence-electron chi connectivity index (χ3n) is 2.19. The van der Waals surface area contributed by atoms with Crippen LogP contribution in [0.4, 0.5) is 4.79 Å². The Hall–Kier alpha value is -0.370. The van der Waals surface area contributed by atoms with Crippen LogP contribution in [-0.4, -0.2) is 16.4 Å². The maximum atomic E-state index is 8.56. The molecule has 2 aromatic rings. The van der Waals surface area contributed by atoms with Crippen LogP contribution in [0.2, 0.25) is 0 Å². The minimum Gasteiger partial charge on any atom is -0.450 e. The summed E-state index contributed by atoms with van der Waals surface area (Å²) in [7, 11) is 0. The van der Waals surface area contributed by atoms with Crippen LogP contribution in [0, 0.1) is 0 Å². The van der Waals surface area contributed by atoms with E-state index < -0.39 is 6.16 Å². The molecule has 0 atom stereocenters. The van der Waals surface area contributed by atoms with Gasteiger partial charge in [0.1, 0.15) is 0 Å². The second kappa shape index (κ2) is 8.17. The number of benzene rings is 2. The van der Waals surface area contributed by atoms with Gasteiger partial charge in [-0.1, -0.05) is 30.3 Å². The van der Waals surface area contributed by atoms with Gasteiger partial charge in [-0.25, -0.2) is 4.79 Å². The third kappa shape index (κ3) is 4.87. The summed E-state index contributed by atoms with van der Waals surface area (Å²) in [5, 5.41) is 13.9. The molecule has 0 spiro atoms. The number of carbonyl (C=O) groups is 1. The molecular weight excluding hydrogens is 524 g/mol. The number of hydrogen-bond donors (Lipinski definition) is 2. The van der Waals surface area contributed by atoms with Crippen LogP contribution in [-0.2, 0) is 0 Å². The molecule has 2 N–H and O–H groups in total. The van der Waals surface area contributed by atoms with Gasteiger partial charge < -0.3 is 10.2 Å². The highest BCUT2D eigenvalue weighted by Crippen LogP contribution is 2.42. The van der Waals surface area contributed by atoms with Crippen LogP contribution in [0.15, 0.2) is 54.3 Å². The van der Waals surface area contributed by atoms with Crippen LogP contribution in [0.5, 0.6) is 0 Å². The number of rotatable bonds is 1. The van der Waals surface area contributed by atoms with Gasteiger partial charge in [0.15, 0.2) is 0 Å². The summed E-state index contributed by atoms with van der Waals surface area (Å²) in [4.78, 5) is 8.56. The smallest absolute Gasteiger partial charge is 0.450 e. The van der Waals surface area contributed by atoms with E-state index in [0.29, 0.717) is 0 Å². The fourth-order valence-corrected chi connectivity index (χ4v) is 3.64. The van der Waals surface area contributed by atoms with Crippen LogP contribution in [0.3, 0.4) is 0 Å². The largest absolute Gasteiger partial charge is 0.503 e. The Kier molecular flexibility index (Phi) is 7.22. The zero-order chi connectivity index (χ0) is 15.3. The highest BCUT2D eigenvalue weighted by molar-refractivity contribution is 9.15. The average molecular weight is 532 g/mol. The van der Waals surface area contributed by atoms with Crippen molar-refractivity contribution in [1.82, 2.24) is 0 Å². The Morgan fingerprint density at radius 2 is 1.35 bits per heavy atom. The van der Waals surface area contributed by atoms with Gasteiger partial charge in [0.2, 0.25) is 0 Å². The Morgan fingerprint density at radius 1 is 0.850 bits per heavy atom. The highest BCUT2D eigenvalue weighted by Gasteiger charge is 2.12. The normalized spacial score (nSPS) is 9.60. The van der Waals surface area contributed by atoms with E-state index >= 15 is 0 Å². The van der Waals surface area contributed by atoms with Crippen molar-refractivity contribution in [2.45, 2.75) is 0 Å². The SMILES string of the molecule is Brc1cc(-c2ccccc2)c(Br)c(Br)c1Br.O=C(O)O. The standard InChI is InChI=1S/C12H6Br4.CH2O3/c13-9-6-8(7-4-2-1-3-5-7)10(14)12(16)11(9)15;2-1(3)4/h1-6H;(H2,2,3,4). The molecule has 0 aliphatic heterocycles. The van der Waals surface area contributed by atoms with Crippen molar-refractivity contribution in [3.8, 4) is 11.1 Å².